The highest BCUT2D eigenvalue weighted by atomic mass is 16.3. The molecule has 0 spiro atoms. The summed E-state index contributed by atoms with van der Waals surface area (Å²) in [4.78, 5) is 9.92. The molecule has 0 fully saturated rings. The van der Waals surface area contributed by atoms with Crippen molar-refractivity contribution in [2.45, 2.75) is 13.8 Å². The molecule has 0 N–H and O–H groups in total. The van der Waals surface area contributed by atoms with E-state index in [9.17, 15) is 0 Å². The molecule has 4 heteroatoms. The van der Waals surface area contributed by atoms with Crippen molar-refractivity contribution in [1.82, 2.24) is 14.5 Å². The third-order valence-corrected chi connectivity index (χ3v) is 7.90. The Labute approximate surface area is 247 Å². The molecule has 42 heavy (non-hydrogen) atoms. The first-order valence-corrected chi connectivity index (χ1v) is 13.9. The third-order valence-electron chi connectivity index (χ3n) is 7.90. The number of imidazole rings is 1. The van der Waals surface area contributed by atoms with Crippen LogP contribution in [0.4, 0.5) is 0 Å². The number of benzene rings is 5. The van der Waals surface area contributed by atoms with Crippen LogP contribution < -0.4 is 0 Å². The molecule has 0 unspecified atom stereocenters. The zero-order valence-electron chi connectivity index (χ0n) is 25.9. The highest BCUT2D eigenvalue weighted by Crippen LogP contribution is 2.43. The number of rotatable bonds is 4. The smallest absolute Gasteiger partial charge is 0.149 e. The van der Waals surface area contributed by atoms with Crippen LogP contribution in [0.25, 0.3) is 72.3 Å². The Morgan fingerprint density at radius 3 is 2.07 bits per heavy atom. The number of nitrogens with zero attached hydrogens (tertiary/aromatic N) is 3. The van der Waals surface area contributed by atoms with Gasteiger partial charge in [0, 0.05) is 32.2 Å². The highest BCUT2D eigenvalue weighted by Gasteiger charge is 2.25. The molecule has 200 valence electrons. The fraction of sp³-hybridized carbons (Fsp3) is 0.0526. The fourth-order valence-corrected chi connectivity index (χ4v) is 6.05. The van der Waals surface area contributed by atoms with Gasteiger partial charge in [0.15, 0.2) is 0 Å². The summed E-state index contributed by atoms with van der Waals surface area (Å²) in [6.07, 6.45) is 1.77. The number of pyridine rings is 1. The molecule has 3 heterocycles. The lowest BCUT2D eigenvalue weighted by atomic mass is 9.93. The van der Waals surface area contributed by atoms with E-state index in [1.54, 1.807) is 18.3 Å². The van der Waals surface area contributed by atoms with Crippen molar-refractivity contribution in [3.05, 3.63) is 139 Å². The number of para-hydroxylation sites is 2. The Hall–Kier alpha value is -5.48. The van der Waals surface area contributed by atoms with E-state index in [0.29, 0.717) is 5.82 Å². The van der Waals surface area contributed by atoms with Gasteiger partial charge in [0.25, 0.3) is 0 Å². The summed E-state index contributed by atoms with van der Waals surface area (Å²) < 4.78 is 33.9. The summed E-state index contributed by atoms with van der Waals surface area (Å²) in [5, 5.41) is 2.03. The van der Waals surface area contributed by atoms with Gasteiger partial charge in [-0.2, -0.15) is 0 Å². The van der Waals surface area contributed by atoms with Crippen LogP contribution in [-0.2, 0) is 0 Å². The molecule has 4 nitrogen and oxygen atoms in total. The first kappa shape index (κ1) is 21.3. The summed E-state index contributed by atoms with van der Waals surface area (Å²) in [5.74, 6) is 0.682. The molecule has 0 bridgehead atoms. The minimum atomic E-state index is -2.32. The average molecular weight is 545 g/mol. The van der Waals surface area contributed by atoms with Gasteiger partial charge < -0.3 is 4.42 Å². The maximum absolute atomic E-state index is 8.41. The van der Waals surface area contributed by atoms with Crippen molar-refractivity contribution < 1.29 is 8.53 Å². The number of hydrogen-bond donors (Lipinski definition) is 0. The second kappa shape index (κ2) is 9.57. The SMILES string of the molecule is [2H]C([2H])([2H])c1cc(-c2ccccc2)c(-n2c(-c3cccc4c3oc3ccccc34)nc3ccnc(C)c32)c(-c2ccccc2)c1. The maximum Gasteiger partial charge on any atom is 0.149 e. The van der Waals surface area contributed by atoms with Crippen molar-refractivity contribution in [2.75, 3.05) is 0 Å². The van der Waals surface area contributed by atoms with Crippen LogP contribution in [0, 0.1) is 13.8 Å². The number of furan rings is 1. The van der Waals surface area contributed by atoms with Crippen LogP contribution in [0.2, 0.25) is 0 Å². The predicted molar refractivity (Wildman–Crippen MR) is 172 cm³/mol. The monoisotopic (exact) mass is 544 g/mol. The minimum absolute atomic E-state index is 0.268. The number of fused-ring (bicyclic) bond motifs is 4. The zero-order chi connectivity index (χ0) is 30.7. The molecular weight excluding hydrogens is 514 g/mol. The Bertz CT molecular complexity index is 2310. The van der Waals surface area contributed by atoms with Crippen LogP contribution in [0.1, 0.15) is 15.4 Å². The molecule has 0 saturated carbocycles. The molecule has 8 rings (SSSR count). The van der Waals surface area contributed by atoms with E-state index in [0.717, 1.165) is 72.2 Å². The molecule has 0 aliphatic carbocycles. The zero-order valence-corrected chi connectivity index (χ0v) is 22.9. The summed E-state index contributed by atoms with van der Waals surface area (Å²) in [5.41, 5.74) is 9.25. The van der Waals surface area contributed by atoms with E-state index < -0.39 is 6.85 Å². The molecule has 0 saturated heterocycles. The molecule has 0 amide bonds. The molecule has 0 atom stereocenters. The Balaban J connectivity index is 1.57. The van der Waals surface area contributed by atoms with Gasteiger partial charge >= 0.3 is 0 Å². The van der Waals surface area contributed by atoms with Gasteiger partial charge in [-0.15, -0.1) is 0 Å². The van der Waals surface area contributed by atoms with E-state index in [-0.39, 0.29) is 5.56 Å². The lowest BCUT2D eigenvalue weighted by Crippen LogP contribution is -2.05. The summed E-state index contributed by atoms with van der Waals surface area (Å²) >= 11 is 0. The largest absolute Gasteiger partial charge is 0.455 e. The minimum Gasteiger partial charge on any atom is -0.455 e. The van der Waals surface area contributed by atoms with Crippen molar-refractivity contribution >= 4 is 33.0 Å². The molecule has 0 aliphatic rings. The van der Waals surface area contributed by atoms with Crippen molar-refractivity contribution in [3.63, 3.8) is 0 Å². The standard InChI is InChI=1S/C38H27N3O/c1-24-22-31(26-12-5-3-6-13-26)36(32(23-24)27-14-7-4-8-15-27)41-35-25(2)39-21-20-33(35)40-38(41)30-18-11-17-29-28-16-9-10-19-34(28)42-37(29)30/h3-23H,1-2H3/i1D3. The number of hydrogen-bond acceptors (Lipinski definition) is 3. The fourth-order valence-electron chi connectivity index (χ4n) is 6.05. The third kappa shape index (κ3) is 3.76. The van der Waals surface area contributed by atoms with Gasteiger partial charge in [0.1, 0.15) is 17.0 Å². The summed E-state index contributed by atoms with van der Waals surface area (Å²) in [6.45, 7) is -0.337. The Kier molecular flexibility index (Phi) is 4.85. The predicted octanol–water partition coefficient (Wildman–Crippen LogP) is 9.94. The van der Waals surface area contributed by atoms with Gasteiger partial charge in [-0.25, -0.2) is 4.98 Å². The van der Waals surface area contributed by atoms with Crippen LogP contribution in [0.15, 0.2) is 132 Å². The van der Waals surface area contributed by atoms with Crippen LogP contribution >= 0.6 is 0 Å². The highest BCUT2D eigenvalue weighted by molar-refractivity contribution is 6.09. The second-order valence-corrected chi connectivity index (χ2v) is 10.5. The molecular formula is C38H27N3O. The lowest BCUT2D eigenvalue weighted by Gasteiger charge is -2.21. The van der Waals surface area contributed by atoms with Crippen LogP contribution in [0.3, 0.4) is 0 Å². The van der Waals surface area contributed by atoms with Gasteiger partial charge in [0.05, 0.1) is 28.0 Å². The second-order valence-electron chi connectivity index (χ2n) is 10.5. The first-order chi connectivity index (χ1) is 21.9. The topological polar surface area (TPSA) is 43.9 Å². The van der Waals surface area contributed by atoms with E-state index in [4.69, 9.17) is 13.5 Å². The molecule has 5 aromatic carbocycles. The van der Waals surface area contributed by atoms with Gasteiger partial charge in [0.2, 0.25) is 0 Å². The Morgan fingerprint density at radius 2 is 1.36 bits per heavy atom. The summed E-state index contributed by atoms with van der Waals surface area (Å²) in [6, 6.07) is 39.5. The van der Waals surface area contributed by atoms with E-state index >= 15 is 0 Å². The van der Waals surface area contributed by atoms with Crippen molar-refractivity contribution in [3.8, 4) is 39.3 Å². The van der Waals surface area contributed by atoms with E-state index in [1.165, 1.54) is 0 Å². The average Bonchev–Trinajstić information content (AvgIpc) is 3.64. The maximum atomic E-state index is 8.41. The first-order valence-electron chi connectivity index (χ1n) is 15.4. The van der Waals surface area contributed by atoms with Crippen molar-refractivity contribution in [1.29, 1.82) is 0 Å². The van der Waals surface area contributed by atoms with Crippen LogP contribution in [-0.4, -0.2) is 14.5 Å². The van der Waals surface area contributed by atoms with Crippen molar-refractivity contribution in [2.24, 2.45) is 0 Å². The molecule has 0 radical (unpaired) electrons. The van der Waals surface area contributed by atoms with Crippen LogP contribution in [0.5, 0.6) is 0 Å². The summed E-state index contributed by atoms with van der Waals surface area (Å²) in [7, 11) is 0. The quantitative estimate of drug-likeness (QED) is 0.221. The number of aryl methyl sites for hydroxylation is 2. The van der Waals surface area contributed by atoms with Gasteiger partial charge in [-0.05, 0) is 60.8 Å². The lowest BCUT2D eigenvalue weighted by molar-refractivity contribution is 0.669. The molecule has 8 aromatic rings. The Morgan fingerprint density at radius 1 is 0.690 bits per heavy atom. The van der Waals surface area contributed by atoms with Gasteiger partial charge in [-0.3, -0.25) is 9.55 Å². The molecule has 3 aromatic heterocycles. The van der Waals surface area contributed by atoms with Gasteiger partial charge in [-0.1, -0.05) is 91.0 Å². The number of aromatic nitrogens is 3. The normalized spacial score (nSPS) is 12.9. The van der Waals surface area contributed by atoms with E-state index in [2.05, 4.69) is 21.7 Å². The van der Waals surface area contributed by atoms with E-state index in [1.807, 2.05) is 104 Å². The molecule has 0 aliphatic heterocycles.